The fraction of sp³-hybridized carbons (Fsp3) is 0.500. The Morgan fingerprint density at radius 3 is 2.81 bits per heavy atom. The third-order valence-electron chi connectivity index (χ3n) is 4.66. The fourth-order valence-electron chi connectivity index (χ4n) is 3.46. The number of esters is 1. The molecular formula is C16H17ClFN5O3. The summed E-state index contributed by atoms with van der Waals surface area (Å²) in [6.45, 7) is 1.11. The molecule has 0 spiro atoms. The number of carbonyl (C=O) groups is 1. The van der Waals surface area contributed by atoms with E-state index in [0.717, 1.165) is 25.9 Å². The summed E-state index contributed by atoms with van der Waals surface area (Å²) in [4.78, 5) is 25.8. The average molecular weight is 382 g/mol. The number of ether oxygens (including phenoxy) is 2. The Labute approximate surface area is 153 Å². The van der Waals surface area contributed by atoms with Crippen molar-refractivity contribution in [3.05, 3.63) is 17.2 Å². The highest BCUT2D eigenvalue weighted by Crippen LogP contribution is 2.32. The molecule has 0 amide bonds. The largest absolute Gasteiger partial charge is 0.466 e. The van der Waals surface area contributed by atoms with Crippen molar-refractivity contribution < 1.29 is 18.7 Å². The first-order chi connectivity index (χ1) is 12.5. The van der Waals surface area contributed by atoms with Crippen LogP contribution in [0.1, 0.15) is 12.8 Å². The van der Waals surface area contributed by atoms with Gasteiger partial charge in [-0.15, -0.1) is 0 Å². The van der Waals surface area contributed by atoms with Crippen molar-refractivity contribution in [2.24, 2.45) is 0 Å². The van der Waals surface area contributed by atoms with Gasteiger partial charge in [0.1, 0.15) is 11.3 Å². The minimum Gasteiger partial charge on any atom is -0.466 e. The van der Waals surface area contributed by atoms with Crippen LogP contribution in [0.2, 0.25) is 5.15 Å². The molecular weight excluding hydrogens is 365 g/mol. The standard InChI is InChI=1S/C16H17ClFN5O3/c1-25-11(24)7-26-16-21-13-10(4-19-14(17)12(13)18)15(22-16)23-5-8-2-3-9(6-23)20-8/h4,8-9,20H,2-3,5-7H2,1H3. The molecule has 2 bridgehead atoms. The zero-order valence-corrected chi connectivity index (χ0v) is 14.8. The molecule has 138 valence electrons. The number of carbonyl (C=O) groups excluding carboxylic acids is 1. The summed E-state index contributed by atoms with van der Waals surface area (Å²) >= 11 is 5.80. The number of fused-ring (bicyclic) bond motifs is 3. The van der Waals surface area contributed by atoms with Gasteiger partial charge in [0.15, 0.2) is 17.6 Å². The van der Waals surface area contributed by atoms with Crippen LogP contribution in [0.25, 0.3) is 10.9 Å². The van der Waals surface area contributed by atoms with Gasteiger partial charge in [-0.25, -0.2) is 14.2 Å². The molecule has 0 aromatic carbocycles. The van der Waals surface area contributed by atoms with Gasteiger partial charge in [0.05, 0.1) is 12.5 Å². The van der Waals surface area contributed by atoms with E-state index < -0.39 is 11.8 Å². The second-order valence-electron chi connectivity index (χ2n) is 6.36. The molecule has 26 heavy (non-hydrogen) atoms. The topological polar surface area (TPSA) is 89.5 Å². The molecule has 4 heterocycles. The molecule has 0 aliphatic carbocycles. The molecule has 0 radical (unpaired) electrons. The van der Waals surface area contributed by atoms with E-state index in [0.29, 0.717) is 23.3 Å². The van der Waals surface area contributed by atoms with Gasteiger partial charge in [-0.3, -0.25) is 0 Å². The van der Waals surface area contributed by atoms with E-state index in [1.807, 2.05) is 0 Å². The van der Waals surface area contributed by atoms with Gasteiger partial charge in [-0.2, -0.15) is 9.97 Å². The zero-order valence-electron chi connectivity index (χ0n) is 14.0. The van der Waals surface area contributed by atoms with Crippen LogP contribution >= 0.6 is 11.6 Å². The molecule has 2 aliphatic rings. The Bertz CT molecular complexity index is 855. The summed E-state index contributed by atoms with van der Waals surface area (Å²) in [6, 6.07) is 0.622. The van der Waals surface area contributed by atoms with Crippen molar-refractivity contribution in [3.8, 4) is 6.01 Å². The molecule has 10 heteroatoms. The van der Waals surface area contributed by atoms with Crippen LogP contribution in [0.4, 0.5) is 10.2 Å². The van der Waals surface area contributed by atoms with Gasteiger partial charge in [-0.1, -0.05) is 11.6 Å². The van der Waals surface area contributed by atoms with Gasteiger partial charge in [0, 0.05) is 31.4 Å². The first-order valence-electron chi connectivity index (χ1n) is 8.27. The lowest BCUT2D eigenvalue weighted by Crippen LogP contribution is -2.51. The number of anilines is 1. The number of nitrogens with one attached hydrogen (secondary N) is 1. The monoisotopic (exact) mass is 381 g/mol. The van der Waals surface area contributed by atoms with E-state index in [1.165, 1.54) is 13.3 Å². The van der Waals surface area contributed by atoms with E-state index >= 15 is 0 Å². The van der Waals surface area contributed by atoms with E-state index in [-0.39, 0.29) is 23.3 Å². The van der Waals surface area contributed by atoms with Crippen LogP contribution in [-0.4, -0.2) is 59.8 Å². The van der Waals surface area contributed by atoms with E-state index in [1.54, 1.807) is 0 Å². The number of methoxy groups -OCH3 is 1. The molecule has 0 saturated carbocycles. The second kappa shape index (κ2) is 6.81. The summed E-state index contributed by atoms with van der Waals surface area (Å²) in [5.74, 6) is -0.797. The zero-order chi connectivity index (χ0) is 18.3. The Morgan fingerprint density at radius 1 is 1.38 bits per heavy atom. The number of hydrogen-bond donors (Lipinski definition) is 1. The first kappa shape index (κ1) is 17.2. The molecule has 1 N–H and O–H groups in total. The lowest BCUT2D eigenvalue weighted by atomic mass is 10.2. The Balaban J connectivity index is 1.76. The number of hydrogen-bond acceptors (Lipinski definition) is 8. The van der Waals surface area contributed by atoms with Crippen LogP contribution in [0, 0.1) is 5.82 Å². The highest BCUT2D eigenvalue weighted by molar-refractivity contribution is 6.30. The van der Waals surface area contributed by atoms with Crippen LogP contribution in [0.5, 0.6) is 6.01 Å². The predicted molar refractivity (Wildman–Crippen MR) is 92.0 cm³/mol. The Hall–Kier alpha value is -2.26. The van der Waals surface area contributed by atoms with Crippen LogP contribution in [-0.2, 0) is 9.53 Å². The van der Waals surface area contributed by atoms with Crippen molar-refractivity contribution in [2.45, 2.75) is 24.9 Å². The molecule has 2 aliphatic heterocycles. The average Bonchev–Trinajstić information content (AvgIpc) is 3.00. The smallest absolute Gasteiger partial charge is 0.344 e. The molecule has 2 fully saturated rings. The molecule has 8 nitrogen and oxygen atoms in total. The van der Waals surface area contributed by atoms with Crippen LogP contribution in [0.3, 0.4) is 0 Å². The molecule has 4 rings (SSSR count). The maximum absolute atomic E-state index is 14.5. The van der Waals surface area contributed by atoms with Crippen molar-refractivity contribution in [1.29, 1.82) is 0 Å². The highest BCUT2D eigenvalue weighted by atomic mass is 35.5. The van der Waals surface area contributed by atoms with Gasteiger partial charge in [0.25, 0.3) is 0 Å². The van der Waals surface area contributed by atoms with Gasteiger partial charge in [0.2, 0.25) is 0 Å². The lowest BCUT2D eigenvalue weighted by molar-refractivity contribution is -0.143. The normalized spacial score (nSPS) is 21.9. The van der Waals surface area contributed by atoms with Crippen molar-refractivity contribution in [3.63, 3.8) is 0 Å². The maximum Gasteiger partial charge on any atom is 0.344 e. The number of halogens is 2. The SMILES string of the molecule is COC(=O)COc1nc(N2CC3CCC(C2)N3)c2cnc(Cl)c(F)c2n1. The third-order valence-corrected chi connectivity index (χ3v) is 4.93. The van der Waals surface area contributed by atoms with Gasteiger partial charge in [-0.05, 0) is 12.8 Å². The molecule has 2 saturated heterocycles. The summed E-state index contributed by atoms with van der Waals surface area (Å²) in [5, 5.41) is 3.71. The second-order valence-corrected chi connectivity index (χ2v) is 6.72. The lowest BCUT2D eigenvalue weighted by Gasteiger charge is -2.34. The van der Waals surface area contributed by atoms with Gasteiger partial charge >= 0.3 is 12.0 Å². The third kappa shape index (κ3) is 3.12. The van der Waals surface area contributed by atoms with E-state index in [2.05, 4.69) is 29.9 Å². The molecule has 2 aromatic rings. The summed E-state index contributed by atoms with van der Waals surface area (Å²) in [5.41, 5.74) is 0.0146. The minimum absolute atomic E-state index is 0.0146. The maximum atomic E-state index is 14.5. The molecule has 2 aromatic heterocycles. The number of pyridine rings is 1. The summed E-state index contributed by atoms with van der Waals surface area (Å²) < 4.78 is 24.3. The van der Waals surface area contributed by atoms with Crippen LogP contribution in [0.15, 0.2) is 6.20 Å². The number of piperazine rings is 1. The number of rotatable bonds is 4. The van der Waals surface area contributed by atoms with Crippen molar-refractivity contribution in [1.82, 2.24) is 20.3 Å². The van der Waals surface area contributed by atoms with E-state index in [9.17, 15) is 9.18 Å². The summed E-state index contributed by atoms with van der Waals surface area (Å²) in [7, 11) is 1.25. The summed E-state index contributed by atoms with van der Waals surface area (Å²) in [6.07, 6.45) is 3.65. The molecule has 2 atom stereocenters. The van der Waals surface area contributed by atoms with Crippen LogP contribution < -0.4 is 15.0 Å². The first-order valence-corrected chi connectivity index (χ1v) is 8.65. The van der Waals surface area contributed by atoms with Crippen molar-refractivity contribution >= 4 is 34.3 Å². The van der Waals surface area contributed by atoms with Crippen molar-refractivity contribution in [2.75, 3.05) is 31.7 Å². The van der Waals surface area contributed by atoms with Gasteiger partial charge < -0.3 is 19.7 Å². The quantitative estimate of drug-likeness (QED) is 0.626. The fourth-order valence-corrected chi connectivity index (χ4v) is 3.60. The Morgan fingerprint density at radius 2 is 2.12 bits per heavy atom. The molecule has 2 unspecified atom stereocenters. The number of nitrogens with zero attached hydrogens (tertiary/aromatic N) is 4. The number of aromatic nitrogens is 3. The highest BCUT2D eigenvalue weighted by Gasteiger charge is 2.34. The van der Waals surface area contributed by atoms with E-state index in [4.69, 9.17) is 16.3 Å². The Kier molecular flexibility index (Phi) is 4.49. The predicted octanol–water partition coefficient (Wildman–Crippen LogP) is 1.31. The minimum atomic E-state index is -0.742.